The molecule has 3 heteroatoms. The Bertz CT molecular complexity index is 236. The topological polar surface area (TPSA) is 52.9 Å². The number of hydrogen-bond donors (Lipinski definition) is 1. The molecule has 1 rings (SSSR count). The van der Waals surface area contributed by atoms with Gasteiger partial charge in [0.25, 0.3) is 0 Å². The van der Waals surface area contributed by atoms with Crippen molar-refractivity contribution in [1.82, 2.24) is 5.32 Å². The van der Waals surface area contributed by atoms with E-state index in [0.717, 1.165) is 24.8 Å². The Morgan fingerprint density at radius 1 is 1.40 bits per heavy atom. The number of carbonyl (C=O) groups is 1. The molecule has 1 amide bonds. The maximum absolute atomic E-state index is 11.0. The number of hydrogen-bond acceptors (Lipinski definition) is 2. The quantitative estimate of drug-likeness (QED) is 0.770. The van der Waals surface area contributed by atoms with Crippen LogP contribution in [0.15, 0.2) is 0 Å². The third-order valence-corrected chi connectivity index (χ3v) is 3.25. The number of amides is 1. The second-order valence-electron chi connectivity index (χ2n) is 4.60. The van der Waals surface area contributed by atoms with Crippen LogP contribution in [0.3, 0.4) is 0 Å². The molecule has 0 radical (unpaired) electrons. The van der Waals surface area contributed by atoms with Crippen molar-refractivity contribution in [3.05, 3.63) is 0 Å². The number of rotatable bonds is 4. The van der Waals surface area contributed by atoms with Gasteiger partial charge < -0.3 is 5.32 Å². The van der Waals surface area contributed by atoms with Gasteiger partial charge in [-0.3, -0.25) is 4.79 Å². The molecule has 0 heterocycles. The van der Waals surface area contributed by atoms with Crippen molar-refractivity contribution in [2.75, 3.05) is 6.54 Å². The van der Waals surface area contributed by atoms with Crippen LogP contribution in [0.25, 0.3) is 0 Å². The van der Waals surface area contributed by atoms with Crippen molar-refractivity contribution >= 4 is 5.91 Å². The van der Waals surface area contributed by atoms with E-state index in [1.54, 1.807) is 0 Å². The second kappa shape index (κ2) is 6.44. The fourth-order valence-corrected chi connectivity index (χ4v) is 2.17. The lowest BCUT2D eigenvalue weighted by Crippen LogP contribution is -2.26. The molecule has 3 nitrogen and oxygen atoms in total. The number of carbonyl (C=O) groups excluding carboxylic acids is 1. The Labute approximate surface area is 91.9 Å². The second-order valence-corrected chi connectivity index (χ2v) is 4.60. The highest BCUT2D eigenvalue weighted by molar-refractivity contribution is 5.77. The summed E-state index contributed by atoms with van der Waals surface area (Å²) in [4.78, 5) is 11.0. The lowest BCUT2D eigenvalue weighted by Gasteiger charge is -2.25. The molecule has 15 heavy (non-hydrogen) atoms. The number of nitrogens with one attached hydrogen (secondary N) is 1. The zero-order chi connectivity index (χ0) is 11.1. The fraction of sp³-hybridized carbons (Fsp3) is 0.833. The van der Waals surface area contributed by atoms with Gasteiger partial charge in [-0.25, -0.2) is 0 Å². The molecular weight excluding hydrogens is 188 g/mol. The van der Waals surface area contributed by atoms with Gasteiger partial charge in [-0.15, -0.1) is 0 Å². The monoisotopic (exact) mass is 208 g/mol. The minimum atomic E-state index is -0.137. The molecule has 0 saturated heterocycles. The third-order valence-electron chi connectivity index (χ3n) is 3.25. The van der Waals surface area contributed by atoms with E-state index >= 15 is 0 Å². The van der Waals surface area contributed by atoms with Crippen LogP contribution < -0.4 is 5.32 Å². The van der Waals surface area contributed by atoms with Crippen molar-refractivity contribution in [2.45, 2.75) is 45.4 Å². The molecule has 0 unspecified atom stereocenters. The summed E-state index contributed by atoms with van der Waals surface area (Å²) in [5, 5.41) is 11.1. The van der Waals surface area contributed by atoms with E-state index in [0.29, 0.717) is 0 Å². The summed E-state index contributed by atoms with van der Waals surface area (Å²) in [5.41, 5.74) is 0. The highest BCUT2D eigenvalue weighted by atomic mass is 16.1. The van der Waals surface area contributed by atoms with Crippen LogP contribution in [-0.2, 0) is 4.79 Å². The van der Waals surface area contributed by atoms with E-state index in [1.807, 2.05) is 6.07 Å². The fourth-order valence-electron chi connectivity index (χ4n) is 2.17. The smallest absolute Gasteiger partial charge is 0.234 e. The molecule has 84 valence electrons. The van der Waals surface area contributed by atoms with Crippen LogP contribution in [-0.4, -0.2) is 12.5 Å². The van der Waals surface area contributed by atoms with E-state index < -0.39 is 0 Å². The largest absolute Gasteiger partial charge is 0.355 e. The van der Waals surface area contributed by atoms with Crippen LogP contribution in [0.5, 0.6) is 0 Å². The summed E-state index contributed by atoms with van der Waals surface area (Å²) < 4.78 is 0. The minimum Gasteiger partial charge on any atom is -0.355 e. The standard InChI is InChI=1S/C12H20N2O/c1-10-2-4-11(5-3-10)7-9-14-12(15)6-8-13/h10-11H,2-7,9H2,1H3,(H,14,15). The summed E-state index contributed by atoms with van der Waals surface area (Å²) in [6.07, 6.45) is 6.32. The first-order valence-electron chi connectivity index (χ1n) is 5.86. The van der Waals surface area contributed by atoms with E-state index in [9.17, 15) is 4.79 Å². The summed E-state index contributed by atoms with van der Waals surface area (Å²) in [6, 6.07) is 1.85. The molecule has 0 aliphatic heterocycles. The van der Waals surface area contributed by atoms with Gasteiger partial charge in [0.2, 0.25) is 5.91 Å². The van der Waals surface area contributed by atoms with E-state index in [4.69, 9.17) is 5.26 Å². The van der Waals surface area contributed by atoms with Gasteiger partial charge in [0.1, 0.15) is 6.42 Å². The molecule has 1 aliphatic carbocycles. The molecular formula is C12H20N2O. The van der Waals surface area contributed by atoms with Gasteiger partial charge >= 0.3 is 0 Å². The average molecular weight is 208 g/mol. The Morgan fingerprint density at radius 3 is 2.67 bits per heavy atom. The molecule has 1 aliphatic rings. The molecule has 0 atom stereocenters. The molecule has 1 fully saturated rings. The Morgan fingerprint density at radius 2 is 2.07 bits per heavy atom. The van der Waals surface area contributed by atoms with Crippen molar-refractivity contribution in [2.24, 2.45) is 11.8 Å². The maximum atomic E-state index is 11.0. The van der Waals surface area contributed by atoms with Crippen molar-refractivity contribution < 1.29 is 4.79 Å². The van der Waals surface area contributed by atoms with E-state index in [1.165, 1.54) is 25.7 Å². The highest BCUT2D eigenvalue weighted by Crippen LogP contribution is 2.29. The predicted octanol–water partition coefficient (Wildman–Crippen LogP) is 2.23. The van der Waals surface area contributed by atoms with Gasteiger partial charge in [-0.2, -0.15) is 5.26 Å². The first-order valence-corrected chi connectivity index (χ1v) is 5.86. The molecule has 1 saturated carbocycles. The molecule has 0 bridgehead atoms. The number of nitrogens with zero attached hydrogens (tertiary/aromatic N) is 1. The molecule has 0 aromatic rings. The Hall–Kier alpha value is -1.04. The van der Waals surface area contributed by atoms with Crippen molar-refractivity contribution in [3.63, 3.8) is 0 Å². The van der Waals surface area contributed by atoms with Gasteiger partial charge in [-0.1, -0.05) is 32.6 Å². The van der Waals surface area contributed by atoms with Crippen LogP contribution in [0.4, 0.5) is 0 Å². The van der Waals surface area contributed by atoms with Crippen LogP contribution in [0.1, 0.15) is 45.4 Å². The molecule has 0 aromatic heterocycles. The summed E-state index contributed by atoms with van der Waals surface area (Å²) in [7, 11) is 0. The molecule has 1 N–H and O–H groups in total. The van der Waals surface area contributed by atoms with Crippen molar-refractivity contribution in [3.8, 4) is 6.07 Å². The SMILES string of the molecule is CC1CCC(CCNC(=O)CC#N)CC1. The zero-order valence-corrected chi connectivity index (χ0v) is 9.46. The lowest BCUT2D eigenvalue weighted by atomic mass is 9.81. The highest BCUT2D eigenvalue weighted by Gasteiger charge is 2.17. The van der Waals surface area contributed by atoms with Gasteiger partial charge in [0.15, 0.2) is 0 Å². The zero-order valence-electron chi connectivity index (χ0n) is 9.46. The van der Waals surface area contributed by atoms with Crippen molar-refractivity contribution in [1.29, 1.82) is 5.26 Å². The van der Waals surface area contributed by atoms with Gasteiger partial charge in [-0.05, 0) is 18.3 Å². The molecule has 0 aromatic carbocycles. The number of nitriles is 1. The summed E-state index contributed by atoms with van der Waals surface area (Å²) >= 11 is 0. The maximum Gasteiger partial charge on any atom is 0.234 e. The first kappa shape index (κ1) is 12.0. The Kier molecular flexibility index (Phi) is 5.17. The minimum absolute atomic E-state index is 0.0122. The third kappa shape index (κ3) is 4.83. The van der Waals surface area contributed by atoms with Crippen LogP contribution in [0.2, 0.25) is 0 Å². The predicted molar refractivity (Wildman–Crippen MR) is 59.0 cm³/mol. The van der Waals surface area contributed by atoms with E-state index in [2.05, 4.69) is 12.2 Å². The normalized spacial score (nSPS) is 25.6. The van der Waals surface area contributed by atoms with E-state index in [-0.39, 0.29) is 12.3 Å². The lowest BCUT2D eigenvalue weighted by molar-refractivity contribution is -0.120. The van der Waals surface area contributed by atoms with Crippen LogP contribution in [0, 0.1) is 23.2 Å². The first-order chi connectivity index (χ1) is 7.22. The van der Waals surface area contributed by atoms with Gasteiger partial charge in [0, 0.05) is 6.54 Å². The molecule has 0 spiro atoms. The van der Waals surface area contributed by atoms with Crippen LogP contribution >= 0.6 is 0 Å². The summed E-state index contributed by atoms with van der Waals surface area (Å²) in [6.45, 7) is 3.05. The summed E-state index contributed by atoms with van der Waals surface area (Å²) in [5.74, 6) is 1.53. The Balaban J connectivity index is 2.05. The van der Waals surface area contributed by atoms with Gasteiger partial charge in [0.05, 0.1) is 6.07 Å². The average Bonchev–Trinajstić information content (AvgIpc) is 2.21.